The van der Waals surface area contributed by atoms with E-state index in [4.69, 9.17) is 12.2 Å². The molecule has 0 aliphatic heterocycles. The van der Waals surface area contributed by atoms with Gasteiger partial charge in [-0.15, -0.1) is 0 Å². The minimum Gasteiger partial charge on any atom is -0.349 e. The van der Waals surface area contributed by atoms with E-state index >= 15 is 0 Å². The molecule has 2 rings (SSSR count). The van der Waals surface area contributed by atoms with Gasteiger partial charge in [-0.1, -0.05) is 12.1 Å². The third kappa shape index (κ3) is 2.31. The first-order valence-corrected chi connectivity index (χ1v) is 6.30. The highest BCUT2D eigenvalue weighted by Crippen LogP contribution is 2.18. The van der Waals surface area contributed by atoms with Gasteiger partial charge in [0.2, 0.25) is 5.91 Å². The maximum atomic E-state index is 11.6. The predicted molar refractivity (Wildman–Crippen MR) is 75.2 cm³/mol. The van der Waals surface area contributed by atoms with Gasteiger partial charge >= 0.3 is 0 Å². The zero-order chi connectivity index (χ0) is 13.3. The number of carbonyl (C=O) groups excluding carboxylic acids is 1. The first-order valence-electron chi connectivity index (χ1n) is 5.89. The molecule has 18 heavy (non-hydrogen) atoms. The zero-order valence-corrected chi connectivity index (χ0v) is 11.7. The van der Waals surface area contributed by atoms with Gasteiger partial charge in [-0.3, -0.25) is 4.79 Å². The smallest absolute Gasteiger partial charge is 0.223 e. The molecule has 0 fully saturated rings. The summed E-state index contributed by atoms with van der Waals surface area (Å²) in [6, 6.07) is 6.05. The number of para-hydroxylation sites is 1. The van der Waals surface area contributed by atoms with E-state index in [9.17, 15) is 4.79 Å². The van der Waals surface area contributed by atoms with Gasteiger partial charge in [0.25, 0.3) is 0 Å². The Morgan fingerprint density at radius 2 is 2.17 bits per heavy atom. The number of imidazole rings is 1. The van der Waals surface area contributed by atoms with Crippen LogP contribution < -0.4 is 0 Å². The summed E-state index contributed by atoms with van der Waals surface area (Å²) in [5, 5.41) is 0. The number of nitrogens with one attached hydrogen (secondary N) is 1. The predicted octanol–water partition coefficient (Wildman–Crippen LogP) is 2.49. The Morgan fingerprint density at radius 1 is 1.44 bits per heavy atom. The molecule has 0 radical (unpaired) electrons. The van der Waals surface area contributed by atoms with Gasteiger partial charge in [-0.25, -0.2) is 0 Å². The highest BCUT2D eigenvalue weighted by molar-refractivity contribution is 7.71. The van der Waals surface area contributed by atoms with E-state index in [1.807, 2.05) is 16.7 Å². The lowest BCUT2D eigenvalue weighted by molar-refractivity contribution is -0.128. The molecule has 2 aromatic rings. The molecule has 4 nitrogen and oxygen atoms in total. The van der Waals surface area contributed by atoms with Gasteiger partial charge in [-0.05, 0) is 30.8 Å². The lowest BCUT2D eigenvalue weighted by atomic mass is 10.2. The number of nitrogens with zero attached hydrogens (tertiary/aromatic N) is 2. The molecule has 1 aromatic carbocycles. The fourth-order valence-electron chi connectivity index (χ4n) is 2.05. The van der Waals surface area contributed by atoms with Crippen LogP contribution in [0.2, 0.25) is 0 Å². The van der Waals surface area contributed by atoms with Crippen LogP contribution in [0.15, 0.2) is 18.2 Å². The number of aromatic nitrogens is 2. The number of fused-ring (bicyclic) bond motifs is 1. The van der Waals surface area contributed by atoms with Crippen molar-refractivity contribution < 1.29 is 4.79 Å². The van der Waals surface area contributed by atoms with E-state index in [-0.39, 0.29) is 5.91 Å². The maximum absolute atomic E-state index is 11.6. The van der Waals surface area contributed by atoms with Crippen molar-refractivity contribution in [3.63, 3.8) is 0 Å². The van der Waals surface area contributed by atoms with E-state index in [1.165, 1.54) is 0 Å². The summed E-state index contributed by atoms with van der Waals surface area (Å²) in [6.07, 6.45) is 0.461. The normalized spacial score (nSPS) is 10.8. The van der Waals surface area contributed by atoms with Crippen LogP contribution in [0.5, 0.6) is 0 Å². The van der Waals surface area contributed by atoms with E-state index < -0.39 is 0 Å². The van der Waals surface area contributed by atoms with Gasteiger partial charge in [0.05, 0.1) is 11.0 Å². The van der Waals surface area contributed by atoms with Crippen LogP contribution in [-0.4, -0.2) is 34.5 Å². The molecule has 1 heterocycles. The second kappa shape index (κ2) is 4.94. The SMILES string of the molecule is Cc1cccc2[nH]c(=S)n(CCC(=O)N(C)C)c12. The average molecular weight is 263 g/mol. The fraction of sp³-hybridized carbons (Fsp3) is 0.385. The third-order valence-electron chi connectivity index (χ3n) is 3.04. The Bertz CT molecular complexity index is 639. The van der Waals surface area contributed by atoms with E-state index in [0.717, 1.165) is 16.6 Å². The summed E-state index contributed by atoms with van der Waals surface area (Å²) in [5.74, 6) is 0.111. The molecule has 0 saturated carbocycles. The van der Waals surface area contributed by atoms with Crippen molar-refractivity contribution in [3.8, 4) is 0 Å². The topological polar surface area (TPSA) is 41.0 Å². The number of aromatic amines is 1. The number of aryl methyl sites for hydroxylation is 2. The second-order valence-electron chi connectivity index (χ2n) is 4.59. The van der Waals surface area contributed by atoms with Crippen LogP contribution in [0.4, 0.5) is 0 Å². The second-order valence-corrected chi connectivity index (χ2v) is 4.98. The standard InChI is InChI=1S/C13H17N3OS/c1-9-5-4-6-10-12(9)16(13(18)14-10)8-7-11(17)15(2)3/h4-6H,7-8H2,1-3H3,(H,14,18). The van der Waals surface area contributed by atoms with Crippen molar-refractivity contribution in [2.24, 2.45) is 0 Å². The van der Waals surface area contributed by atoms with Crippen LogP contribution in [0.25, 0.3) is 11.0 Å². The summed E-state index contributed by atoms with van der Waals surface area (Å²) in [6.45, 7) is 2.66. The third-order valence-corrected chi connectivity index (χ3v) is 3.36. The Balaban J connectivity index is 2.36. The van der Waals surface area contributed by atoms with Crippen molar-refractivity contribution >= 4 is 29.2 Å². The molecule has 1 aromatic heterocycles. The lowest BCUT2D eigenvalue weighted by Gasteiger charge is -2.11. The Morgan fingerprint density at radius 3 is 2.83 bits per heavy atom. The summed E-state index contributed by atoms with van der Waals surface area (Å²) in [4.78, 5) is 16.4. The number of amides is 1. The van der Waals surface area contributed by atoms with Gasteiger partial charge in [0, 0.05) is 27.1 Å². The van der Waals surface area contributed by atoms with Gasteiger partial charge in [0.1, 0.15) is 0 Å². The highest BCUT2D eigenvalue weighted by Gasteiger charge is 2.09. The molecule has 1 amide bonds. The maximum Gasteiger partial charge on any atom is 0.223 e. The summed E-state index contributed by atoms with van der Waals surface area (Å²) in [7, 11) is 3.53. The molecule has 0 bridgehead atoms. The first kappa shape index (κ1) is 12.8. The summed E-state index contributed by atoms with van der Waals surface area (Å²) in [5.41, 5.74) is 3.28. The number of rotatable bonds is 3. The van der Waals surface area contributed by atoms with E-state index in [1.54, 1.807) is 19.0 Å². The Labute approximate surface area is 111 Å². The quantitative estimate of drug-likeness (QED) is 0.864. The van der Waals surface area contributed by atoms with Crippen LogP contribution in [-0.2, 0) is 11.3 Å². The van der Waals surface area contributed by atoms with Gasteiger partial charge < -0.3 is 14.5 Å². The molecular weight excluding hydrogens is 246 g/mol. The van der Waals surface area contributed by atoms with E-state index in [2.05, 4.69) is 18.0 Å². The first-order chi connectivity index (χ1) is 8.50. The van der Waals surface area contributed by atoms with Crippen molar-refractivity contribution in [3.05, 3.63) is 28.5 Å². The van der Waals surface area contributed by atoms with Gasteiger partial charge in [-0.2, -0.15) is 0 Å². The van der Waals surface area contributed by atoms with Crippen molar-refractivity contribution in [2.75, 3.05) is 14.1 Å². The molecule has 0 spiro atoms. The zero-order valence-electron chi connectivity index (χ0n) is 10.9. The monoisotopic (exact) mass is 263 g/mol. The van der Waals surface area contributed by atoms with Crippen LogP contribution in [0, 0.1) is 11.7 Å². The molecule has 96 valence electrons. The molecule has 1 N–H and O–H groups in total. The molecule has 5 heteroatoms. The largest absolute Gasteiger partial charge is 0.349 e. The number of carbonyl (C=O) groups is 1. The van der Waals surface area contributed by atoms with Gasteiger partial charge in [0.15, 0.2) is 4.77 Å². The fourth-order valence-corrected chi connectivity index (χ4v) is 2.34. The summed E-state index contributed by atoms with van der Waals surface area (Å²) >= 11 is 5.31. The van der Waals surface area contributed by atoms with Crippen molar-refractivity contribution in [1.82, 2.24) is 14.5 Å². The van der Waals surface area contributed by atoms with Crippen LogP contribution in [0.1, 0.15) is 12.0 Å². The number of hydrogen-bond donors (Lipinski definition) is 1. The molecular formula is C13H17N3OS. The number of benzene rings is 1. The van der Waals surface area contributed by atoms with Crippen molar-refractivity contribution in [1.29, 1.82) is 0 Å². The number of hydrogen-bond acceptors (Lipinski definition) is 2. The molecule has 0 unspecified atom stereocenters. The van der Waals surface area contributed by atoms with E-state index in [0.29, 0.717) is 17.7 Å². The minimum atomic E-state index is 0.111. The van der Waals surface area contributed by atoms with Crippen molar-refractivity contribution in [2.45, 2.75) is 19.9 Å². The molecule has 0 saturated heterocycles. The molecule has 0 aliphatic rings. The highest BCUT2D eigenvalue weighted by atomic mass is 32.1. The lowest BCUT2D eigenvalue weighted by Crippen LogP contribution is -2.22. The molecule has 0 atom stereocenters. The Kier molecular flexibility index (Phi) is 3.52. The Hall–Kier alpha value is -1.62. The van der Waals surface area contributed by atoms with Crippen LogP contribution >= 0.6 is 12.2 Å². The molecule has 0 aliphatic carbocycles. The summed E-state index contributed by atoms with van der Waals surface area (Å²) < 4.78 is 2.67. The average Bonchev–Trinajstić information content (AvgIpc) is 2.63. The number of H-pyrrole nitrogens is 1. The minimum absolute atomic E-state index is 0.111. The van der Waals surface area contributed by atoms with Crippen LogP contribution in [0.3, 0.4) is 0 Å².